The van der Waals surface area contributed by atoms with E-state index < -0.39 is 0 Å². The molecule has 1 aliphatic heterocycles. The fourth-order valence-electron chi connectivity index (χ4n) is 2.80. The molecule has 1 saturated heterocycles. The number of aryl methyl sites for hydroxylation is 1. The zero-order chi connectivity index (χ0) is 16.2. The quantitative estimate of drug-likeness (QED) is 0.866. The highest BCUT2D eigenvalue weighted by Gasteiger charge is 2.31. The molecule has 0 N–H and O–H groups in total. The predicted octanol–water partition coefficient (Wildman–Crippen LogP) is 2.21. The normalized spacial score (nSPS) is 17.3. The van der Waals surface area contributed by atoms with Crippen molar-refractivity contribution in [3.05, 3.63) is 47.7 Å². The van der Waals surface area contributed by atoms with Crippen molar-refractivity contribution < 1.29 is 9.53 Å². The number of nitrogens with zero attached hydrogens (tertiary/aromatic N) is 4. The maximum atomic E-state index is 12.8. The van der Waals surface area contributed by atoms with Gasteiger partial charge < -0.3 is 9.64 Å². The van der Waals surface area contributed by atoms with Crippen LogP contribution in [-0.2, 0) is 0 Å². The number of likely N-dealkylation sites (tertiary alicyclic amines) is 1. The van der Waals surface area contributed by atoms with E-state index >= 15 is 0 Å². The second kappa shape index (κ2) is 6.73. The smallest absolute Gasteiger partial charge is 0.259 e. The van der Waals surface area contributed by atoms with Crippen LogP contribution in [0.25, 0.3) is 0 Å². The van der Waals surface area contributed by atoms with Crippen LogP contribution in [0, 0.1) is 6.92 Å². The van der Waals surface area contributed by atoms with E-state index in [1.165, 1.54) is 0 Å². The van der Waals surface area contributed by atoms with E-state index in [1.54, 1.807) is 24.5 Å². The van der Waals surface area contributed by atoms with Crippen LogP contribution in [-0.4, -0.2) is 45.5 Å². The van der Waals surface area contributed by atoms with E-state index in [1.807, 2.05) is 24.8 Å². The molecule has 6 heteroatoms. The molecule has 120 valence electrons. The molecule has 0 radical (unpaired) electrons. The van der Waals surface area contributed by atoms with Gasteiger partial charge in [-0.2, -0.15) is 0 Å². The maximum absolute atomic E-state index is 12.8. The fraction of sp³-hybridized carbons (Fsp3) is 0.412. The summed E-state index contributed by atoms with van der Waals surface area (Å²) in [5, 5.41) is 0. The summed E-state index contributed by atoms with van der Waals surface area (Å²) in [6.45, 7) is 5.64. The number of ether oxygens (including phenoxy) is 1. The first-order chi connectivity index (χ1) is 11.2. The summed E-state index contributed by atoms with van der Waals surface area (Å²) < 4.78 is 5.46. The van der Waals surface area contributed by atoms with Crippen molar-refractivity contribution in [1.29, 1.82) is 0 Å². The summed E-state index contributed by atoms with van der Waals surface area (Å²) in [5.74, 6) is 1.36. The molecule has 1 amide bonds. The number of aromatic nitrogens is 3. The lowest BCUT2D eigenvalue weighted by atomic mass is 10.1. The molecule has 6 nitrogen and oxygen atoms in total. The van der Waals surface area contributed by atoms with E-state index in [-0.39, 0.29) is 11.8 Å². The standard InChI is InChI=1S/C17H20N4O2/c1-3-23-16-14(5-4-8-19-16)17(22)21-10-7-13(11-21)15-18-9-6-12(2)20-15/h4-6,8-9,13H,3,7,10-11H2,1-2H3/t13-/m1/s1. The Morgan fingerprint density at radius 1 is 1.35 bits per heavy atom. The van der Waals surface area contributed by atoms with Crippen molar-refractivity contribution in [1.82, 2.24) is 19.9 Å². The third kappa shape index (κ3) is 3.31. The largest absolute Gasteiger partial charge is 0.477 e. The van der Waals surface area contributed by atoms with Crippen molar-refractivity contribution in [3.63, 3.8) is 0 Å². The Morgan fingerprint density at radius 3 is 3.00 bits per heavy atom. The Bertz CT molecular complexity index is 704. The second-order valence-corrected chi connectivity index (χ2v) is 5.58. The summed E-state index contributed by atoms with van der Waals surface area (Å²) in [5.41, 5.74) is 1.46. The van der Waals surface area contributed by atoms with Gasteiger partial charge in [-0.25, -0.2) is 15.0 Å². The lowest BCUT2D eigenvalue weighted by molar-refractivity contribution is 0.0785. The van der Waals surface area contributed by atoms with Gasteiger partial charge in [0.1, 0.15) is 11.4 Å². The van der Waals surface area contributed by atoms with Gasteiger partial charge in [0.15, 0.2) is 0 Å². The molecular weight excluding hydrogens is 292 g/mol. The lowest BCUT2D eigenvalue weighted by Crippen LogP contribution is -2.29. The number of carbonyl (C=O) groups excluding carboxylic acids is 1. The molecule has 3 heterocycles. The molecular formula is C17H20N4O2. The molecule has 0 unspecified atom stereocenters. The van der Waals surface area contributed by atoms with Gasteiger partial charge in [0.25, 0.3) is 5.91 Å². The third-order valence-electron chi connectivity index (χ3n) is 3.94. The van der Waals surface area contributed by atoms with E-state index in [2.05, 4.69) is 15.0 Å². The van der Waals surface area contributed by atoms with Crippen molar-refractivity contribution in [3.8, 4) is 5.88 Å². The van der Waals surface area contributed by atoms with Crippen LogP contribution in [0.5, 0.6) is 5.88 Å². The number of hydrogen-bond acceptors (Lipinski definition) is 5. The fourth-order valence-corrected chi connectivity index (χ4v) is 2.80. The molecule has 1 atom stereocenters. The molecule has 3 rings (SSSR count). The van der Waals surface area contributed by atoms with Gasteiger partial charge in [-0.15, -0.1) is 0 Å². The molecule has 0 spiro atoms. The summed E-state index contributed by atoms with van der Waals surface area (Å²) in [7, 11) is 0. The number of hydrogen-bond donors (Lipinski definition) is 0. The highest BCUT2D eigenvalue weighted by molar-refractivity contribution is 5.96. The van der Waals surface area contributed by atoms with Crippen LogP contribution in [0.4, 0.5) is 0 Å². The predicted molar refractivity (Wildman–Crippen MR) is 85.4 cm³/mol. The van der Waals surface area contributed by atoms with Crippen molar-refractivity contribution in [2.45, 2.75) is 26.2 Å². The summed E-state index contributed by atoms with van der Waals surface area (Å²) in [4.78, 5) is 27.6. The Balaban J connectivity index is 1.75. The number of amides is 1. The van der Waals surface area contributed by atoms with E-state index in [4.69, 9.17) is 4.74 Å². The topological polar surface area (TPSA) is 68.2 Å². The summed E-state index contributed by atoms with van der Waals surface area (Å²) >= 11 is 0. The van der Waals surface area contributed by atoms with Crippen molar-refractivity contribution >= 4 is 5.91 Å². The lowest BCUT2D eigenvalue weighted by Gasteiger charge is -2.17. The summed E-state index contributed by atoms with van der Waals surface area (Å²) in [6, 6.07) is 5.40. The average Bonchev–Trinajstić information content (AvgIpc) is 3.05. The Kier molecular flexibility index (Phi) is 4.50. The van der Waals surface area contributed by atoms with Crippen LogP contribution in [0.15, 0.2) is 30.6 Å². The van der Waals surface area contributed by atoms with Crippen LogP contribution in [0.2, 0.25) is 0 Å². The van der Waals surface area contributed by atoms with Gasteiger partial charge in [0.2, 0.25) is 5.88 Å². The first kappa shape index (κ1) is 15.4. The Hall–Kier alpha value is -2.50. The molecule has 0 saturated carbocycles. The Morgan fingerprint density at radius 2 is 2.22 bits per heavy atom. The molecule has 2 aromatic heterocycles. The van der Waals surface area contributed by atoms with Gasteiger partial charge >= 0.3 is 0 Å². The SMILES string of the molecule is CCOc1ncccc1C(=O)N1CC[C@@H](c2nccc(C)n2)C1. The monoisotopic (exact) mass is 312 g/mol. The first-order valence-electron chi connectivity index (χ1n) is 7.85. The van der Waals surface area contributed by atoms with E-state index in [0.717, 1.165) is 17.9 Å². The van der Waals surface area contributed by atoms with Crippen molar-refractivity contribution in [2.75, 3.05) is 19.7 Å². The molecule has 1 aliphatic rings. The minimum absolute atomic E-state index is 0.0447. The van der Waals surface area contributed by atoms with Crippen LogP contribution >= 0.6 is 0 Å². The third-order valence-corrected chi connectivity index (χ3v) is 3.94. The number of rotatable bonds is 4. The molecule has 0 aromatic carbocycles. The molecule has 0 aliphatic carbocycles. The van der Waals surface area contributed by atoms with Crippen LogP contribution in [0.3, 0.4) is 0 Å². The van der Waals surface area contributed by atoms with Gasteiger partial charge in [-0.1, -0.05) is 0 Å². The molecule has 0 bridgehead atoms. The minimum Gasteiger partial charge on any atom is -0.477 e. The van der Waals surface area contributed by atoms with Gasteiger partial charge in [-0.3, -0.25) is 4.79 Å². The first-order valence-corrected chi connectivity index (χ1v) is 7.85. The van der Waals surface area contributed by atoms with Gasteiger partial charge in [0.05, 0.1) is 6.61 Å². The zero-order valence-corrected chi connectivity index (χ0v) is 13.4. The highest BCUT2D eigenvalue weighted by atomic mass is 16.5. The summed E-state index contributed by atoms with van der Waals surface area (Å²) in [6.07, 6.45) is 4.28. The Labute approximate surface area is 135 Å². The average molecular weight is 312 g/mol. The van der Waals surface area contributed by atoms with Crippen molar-refractivity contribution in [2.24, 2.45) is 0 Å². The van der Waals surface area contributed by atoms with Crippen LogP contribution < -0.4 is 4.74 Å². The van der Waals surface area contributed by atoms with Gasteiger partial charge in [-0.05, 0) is 38.5 Å². The molecule has 23 heavy (non-hydrogen) atoms. The van der Waals surface area contributed by atoms with E-state index in [0.29, 0.717) is 31.1 Å². The molecule has 1 fully saturated rings. The van der Waals surface area contributed by atoms with E-state index in [9.17, 15) is 4.79 Å². The zero-order valence-electron chi connectivity index (χ0n) is 13.4. The second-order valence-electron chi connectivity index (χ2n) is 5.58. The number of pyridine rings is 1. The minimum atomic E-state index is -0.0447. The highest BCUT2D eigenvalue weighted by Crippen LogP contribution is 2.27. The van der Waals surface area contributed by atoms with Crippen LogP contribution in [0.1, 0.15) is 41.1 Å². The van der Waals surface area contributed by atoms with Gasteiger partial charge in [0, 0.05) is 37.1 Å². The number of carbonyl (C=O) groups is 1. The molecule has 2 aromatic rings. The maximum Gasteiger partial charge on any atom is 0.259 e.